The minimum absolute atomic E-state index is 0.0969. The number of halogens is 1. The van der Waals surface area contributed by atoms with E-state index in [2.05, 4.69) is 0 Å². The Morgan fingerprint density at radius 3 is 2.60 bits per heavy atom. The predicted octanol–water partition coefficient (Wildman–Crippen LogP) is 3.26. The summed E-state index contributed by atoms with van der Waals surface area (Å²) in [6.07, 6.45) is -0.804. The molecular weight excluding hydrogens is 259 g/mol. The number of benzene rings is 2. The highest BCUT2D eigenvalue weighted by Crippen LogP contribution is 2.22. The van der Waals surface area contributed by atoms with E-state index in [0.29, 0.717) is 22.6 Å². The van der Waals surface area contributed by atoms with Crippen molar-refractivity contribution in [3.63, 3.8) is 0 Å². The zero-order valence-electron chi connectivity index (χ0n) is 11.5. The molecule has 0 aliphatic carbocycles. The molecular formula is C16H17FO3. The second kappa shape index (κ2) is 6.39. The Balaban J connectivity index is 2.02. The first kappa shape index (κ1) is 14.3. The van der Waals surface area contributed by atoms with E-state index in [1.807, 2.05) is 12.1 Å². The number of aryl methyl sites for hydroxylation is 1. The van der Waals surface area contributed by atoms with Crippen LogP contribution in [0.4, 0.5) is 4.39 Å². The Morgan fingerprint density at radius 1 is 1.15 bits per heavy atom. The van der Waals surface area contributed by atoms with E-state index in [1.54, 1.807) is 32.2 Å². The summed E-state index contributed by atoms with van der Waals surface area (Å²) in [6, 6.07) is 11.4. The molecule has 0 radical (unpaired) electrons. The topological polar surface area (TPSA) is 38.7 Å². The molecule has 0 aromatic heterocycles. The third-order valence-corrected chi connectivity index (χ3v) is 3.04. The molecule has 20 heavy (non-hydrogen) atoms. The fraction of sp³-hybridized carbons (Fsp3) is 0.250. The Hall–Kier alpha value is -2.07. The molecule has 1 atom stereocenters. The van der Waals surface area contributed by atoms with Crippen molar-refractivity contribution in [3.05, 3.63) is 59.4 Å². The zero-order valence-corrected chi connectivity index (χ0v) is 11.5. The van der Waals surface area contributed by atoms with Crippen molar-refractivity contribution in [2.24, 2.45) is 0 Å². The third kappa shape index (κ3) is 3.48. The second-order valence-corrected chi connectivity index (χ2v) is 4.51. The Labute approximate surface area is 117 Å². The zero-order chi connectivity index (χ0) is 14.5. The molecule has 0 heterocycles. The van der Waals surface area contributed by atoms with Crippen molar-refractivity contribution >= 4 is 0 Å². The van der Waals surface area contributed by atoms with Crippen LogP contribution in [0.15, 0.2) is 42.5 Å². The largest absolute Gasteiger partial charge is 0.497 e. The first-order valence-corrected chi connectivity index (χ1v) is 6.31. The van der Waals surface area contributed by atoms with Crippen LogP contribution in [0, 0.1) is 12.7 Å². The van der Waals surface area contributed by atoms with Crippen molar-refractivity contribution in [1.82, 2.24) is 0 Å². The van der Waals surface area contributed by atoms with Crippen LogP contribution in [0.3, 0.4) is 0 Å². The van der Waals surface area contributed by atoms with Gasteiger partial charge in [0.25, 0.3) is 0 Å². The summed E-state index contributed by atoms with van der Waals surface area (Å²) in [7, 11) is 1.58. The molecule has 0 saturated heterocycles. The smallest absolute Gasteiger partial charge is 0.123 e. The summed E-state index contributed by atoms with van der Waals surface area (Å²) in [5.41, 5.74) is 1.36. The van der Waals surface area contributed by atoms with Crippen LogP contribution in [0.2, 0.25) is 0 Å². The van der Waals surface area contributed by atoms with Crippen LogP contribution in [-0.4, -0.2) is 18.8 Å². The van der Waals surface area contributed by atoms with Gasteiger partial charge in [0.05, 0.1) is 7.11 Å². The van der Waals surface area contributed by atoms with Crippen molar-refractivity contribution in [2.45, 2.75) is 13.0 Å². The number of aliphatic hydroxyl groups excluding tert-OH is 1. The maximum Gasteiger partial charge on any atom is 0.123 e. The lowest BCUT2D eigenvalue weighted by Gasteiger charge is -2.15. The molecule has 0 bridgehead atoms. The van der Waals surface area contributed by atoms with E-state index < -0.39 is 6.10 Å². The Kier molecular flexibility index (Phi) is 4.58. The van der Waals surface area contributed by atoms with Gasteiger partial charge in [-0.25, -0.2) is 4.39 Å². The van der Waals surface area contributed by atoms with Gasteiger partial charge < -0.3 is 14.6 Å². The van der Waals surface area contributed by atoms with Crippen LogP contribution in [0.5, 0.6) is 11.5 Å². The summed E-state index contributed by atoms with van der Waals surface area (Å²) >= 11 is 0. The highest BCUT2D eigenvalue weighted by Gasteiger charge is 2.12. The lowest BCUT2D eigenvalue weighted by molar-refractivity contribution is 0.107. The molecule has 106 valence electrons. The number of ether oxygens (including phenoxy) is 2. The van der Waals surface area contributed by atoms with Gasteiger partial charge in [0.1, 0.15) is 30.0 Å². The fourth-order valence-corrected chi connectivity index (χ4v) is 1.97. The van der Waals surface area contributed by atoms with Gasteiger partial charge in [0, 0.05) is 6.07 Å². The SMILES string of the molecule is COc1cccc(OCC(O)c2ccc(F)cc2C)c1. The summed E-state index contributed by atoms with van der Waals surface area (Å²) in [5.74, 6) is 0.991. The highest BCUT2D eigenvalue weighted by atomic mass is 19.1. The number of hydrogen-bond acceptors (Lipinski definition) is 3. The molecule has 0 aliphatic rings. The van der Waals surface area contributed by atoms with Crippen molar-refractivity contribution in [2.75, 3.05) is 13.7 Å². The molecule has 0 aliphatic heterocycles. The van der Waals surface area contributed by atoms with Gasteiger partial charge in [0.15, 0.2) is 0 Å². The molecule has 2 rings (SSSR count). The molecule has 0 spiro atoms. The monoisotopic (exact) mass is 276 g/mol. The van der Waals surface area contributed by atoms with Crippen LogP contribution < -0.4 is 9.47 Å². The number of methoxy groups -OCH3 is 1. The van der Waals surface area contributed by atoms with Gasteiger partial charge >= 0.3 is 0 Å². The van der Waals surface area contributed by atoms with Crippen LogP contribution >= 0.6 is 0 Å². The van der Waals surface area contributed by atoms with Gasteiger partial charge in [-0.15, -0.1) is 0 Å². The van der Waals surface area contributed by atoms with E-state index >= 15 is 0 Å². The molecule has 1 N–H and O–H groups in total. The molecule has 4 heteroatoms. The third-order valence-electron chi connectivity index (χ3n) is 3.04. The highest BCUT2D eigenvalue weighted by molar-refractivity contribution is 5.33. The second-order valence-electron chi connectivity index (χ2n) is 4.51. The van der Waals surface area contributed by atoms with E-state index in [-0.39, 0.29) is 12.4 Å². The summed E-state index contributed by atoms with van der Waals surface area (Å²) in [6.45, 7) is 1.85. The van der Waals surface area contributed by atoms with Gasteiger partial charge in [-0.3, -0.25) is 0 Å². The van der Waals surface area contributed by atoms with E-state index in [0.717, 1.165) is 0 Å². The quantitative estimate of drug-likeness (QED) is 0.911. The molecule has 1 unspecified atom stereocenters. The molecule has 0 saturated carbocycles. The minimum Gasteiger partial charge on any atom is -0.497 e. The molecule has 3 nitrogen and oxygen atoms in total. The number of hydrogen-bond donors (Lipinski definition) is 1. The van der Waals surface area contributed by atoms with Crippen LogP contribution in [0.25, 0.3) is 0 Å². The van der Waals surface area contributed by atoms with Crippen LogP contribution in [-0.2, 0) is 0 Å². The molecule has 0 fully saturated rings. The maximum atomic E-state index is 13.0. The number of rotatable bonds is 5. The lowest BCUT2D eigenvalue weighted by atomic mass is 10.0. The van der Waals surface area contributed by atoms with Gasteiger partial charge in [-0.2, -0.15) is 0 Å². The average Bonchev–Trinajstić information content (AvgIpc) is 2.45. The van der Waals surface area contributed by atoms with Gasteiger partial charge in [-0.05, 0) is 42.3 Å². The molecule has 2 aromatic carbocycles. The fourth-order valence-electron chi connectivity index (χ4n) is 1.97. The minimum atomic E-state index is -0.804. The van der Waals surface area contributed by atoms with E-state index in [9.17, 15) is 9.50 Å². The molecule has 2 aromatic rings. The van der Waals surface area contributed by atoms with Gasteiger partial charge in [0.2, 0.25) is 0 Å². The normalized spacial score (nSPS) is 12.0. The van der Waals surface area contributed by atoms with Crippen molar-refractivity contribution < 1.29 is 19.0 Å². The average molecular weight is 276 g/mol. The lowest BCUT2D eigenvalue weighted by Crippen LogP contribution is -2.11. The van der Waals surface area contributed by atoms with E-state index in [1.165, 1.54) is 12.1 Å². The first-order valence-electron chi connectivity index (χ1n) is 6.31. The summed E-state index contributed by atoms with van der Waals surface area (Å²) in [5, 5.41) is 10.1. The van der Waals surface area contributed by atoms with Crippen LogP contribution in [0.1, 0.15) is 17.2 Å². The van der Waals surface area contributed by atoms with Gasteiger partial charge in [-0.1, -0.05) is 12.1 Å². The number of aliphatic hydroxyl groups is 1. The summed E-state index contributed by atoms with van der Waals surface area (Å²) < 4.78 is 23.6. The standard InChI is InChI=1S/C16H17FO3/c1-11-8-12(17)6-7-15(11)16(18)10-20-14-5-3-4-13(9-14)19-2/h3-9,16,18H,10H2,1-2H3. The summed E-state index contributed by atoms with van der Waals surface area (Å²) in [4.78, 5) is 0. The molecule has 0 amide bonds. The predicted molar refractivity (Wildman–Crippen MR) is 74.6 cm³/mol. The first-order chi connectivity index (χ1) is 9.60. The van der Waals surface area contributed by atoms with E-state index in [4.69, 9.17) is 9.47 Å². The van der Waals surface area contributed by atoms with Crippen molar-refractivity contribution in [1.29, 1.82) is 0 Å². The Morgan fingerprint density at radius 2 is 1.90 bits per heavy atom. The maximum absolute atomic E-state index is 13.0. The Bertz CT molecular complexity index is 584. The van der Waals surface area contributed by atoms with Crippen molar-refractivity contribution in [3.8, 4) is 11.5 Å².